The predicted molar refractivity (Wildman–Crippen MR) is 132 cm³/mol. The Morgan fingerprint density at radius 3 is 2.46 bits per heavy atom. The van der Waals surface area contributed by atoms with E-state index in [1.807, 2.05) is 6.07 Å². The average Bonchev–Trinajstić information content (AvgIpc) is 3.27. The third-order valence-electron chi connectivity index (χ3n) is 6.07. The van der Waals surface area contributed by atoms with Crippen molar-refractivity contribution < 1.29 is 22.7 Å². The molecule has 1 fully saturated rings. The highest BCUT2D eigenvalue weighted by atomic mass is 19.1. The molecule has 0 saturated carbocycles. The highest BCUT2D eigenvalue weighted by molar-refractivity contribution is 5.38. The van der Waals surface area contributed by atoms with E-state index >= 15 is 0 Å². The summed E-state index contributed by atoms with van der Waals surface area (Å²) in [5.74, 6) is -2.25. The second kappa shape index (κ2) is 11.4. The summed E-state index contributed by atoms with van der Waals surface area (Å²) in [5, 5.41) is 3.96. The summed E-state index contributed by atoms with van der Waals surface area (Å²) in [5.41, 5.74) is 1.72. The Bertz CT molecular complexity index is 1380. The zero-order valence-electron chi connectivity index (χ0n) is 20.1. The Kier molecular flexibility index (Phi) is 7.57. The first-order valence-corrected chi connectivity index (χ1v) is 12.0. The maximum absolute atomic E-state index is 13.8. The Labute approximate surface area is 212 Å². The normalized spacial score (nSPS) is 14.5. The molecule has 10 heteroatoms. The van der Waals surface area contributed by atoms with Gasteiger partial charge in [-0.2, -0.15) is 4.68 Å². The van der Waals surface area contributed by atoms with Crippen molar-refractivity contribution in [3.8, 4) is 23.3 Å². The minimum absolute atomic E-state index is 0.312. The maximum Gasteiger partial charge on any atom is 0.444 e. The van der Waals surface area contributed by atoms with E-state index in [-0.39, 0.29) is 5.75 Å². The van der Waals surface area contributed by atoms with Crippen molar-refractivity contribution in [2.24, 2.45) is 0 Å². The number of hydrogen-bond donors (Lipinski definition) is 0. The van der Waals surface area contributed by atoms with Crippen molar-refractivity contribution in [2.75, 3.05) is 39.3 Å². The molecule has 8 nitrogen and oxygen atoms in total. The molecule has 1 aliphatic heterocycles. The molecule has 1 saturated heterocycles. The molecule has 0 bridgehead atoms. The standard InChI is InChI=1S/C27H26F2N4O4/c28-21-9-10-25(24(29)17-21)36-26-30-33(27(34)37-26)22-7-4-8-23(18-22)35-16-15-31-11-13-32(14-12-31)19-20-5-2-1-3-6-20/h1-10,17-18H,11-16,19H2. The van der Waals surface area contributed by atoms with Gasteiger partial charge < -0.3 is 13.9 Å². The number of piperazine rings is 1. The van der Waals surface area contributed by atoms with Crippen molar-refractivity contribution in [1.29, 1.82) is 0 Å². The summed E-state index contributed by atoms with van der Waals surface area (Å²) >= 11 is 0. The topological polar surface area (TPSA) is 73.0 Å². The molecule has 1 aliphatic rings. The van der Waals surface area contributed by atoms with Crippen LogP contribution >= 0.6 is 0 Å². The molecule has 192 valence electrons. The lowest BCUT2D eigenvalue weighted by atomic mass is 10.2. The van der Waals surface area contributed by atoms with Gasteiger partial charge in [0.15, 0.2) is 11.6 Å². The van der Waals surface area contributed by atoms with Crippen molar-refractivity contribution in [3.05, 3.63) is 101 Å². The fourth-order valence-corrected chi connectivity index (χ4v) is 4.13. The third kappa shape index (κ3) is 6.41. The summed E-state index contributed by atoms with van der Waals surface area (Å²) in [6, 6.07) is 20.1. The second-order valence-electron chi connectivity index (χ2n) is 8.67. The number of benzene rings is 3. The average molecular weight is 509 g/mol. The molecule has 3 aromatic carbocycles. The molecule has 0 N–H and O–H groups in total. The van der Waals surface area contributed by atoms with Crippen molar-refractivity contribution in [1.82, 2.24) is 19.6 Å². The Morgan fingerprint density at radius 1 is 0.892 bits per heavy atom. The van der Waals surface area contributed by atoms with Gasteiger partial charge in [-0.25, -0.2) is 13.6 Å². The minimum Gasteiger partial charge on any atom is -0.492 e. The highest BCUT2D eigenvalue weighted by Gasteiger charge is 2.18. The molecule has 0 radical (unpaired) electrons. The molecule has 2 heterocycles. The van der Waals surface area contributed by atoms with Gasteiger partial charge in [-0.05, 0) is 29.8 Å². The lowest BCUT2D eigenvalue weighted by Crippen LogP contribution is -2.47. The first-order chi connectivity index (χ1) is 18.0. The molecule has 0 atom stereocenters. The third-order valence-corrected chi connectivity index (χ3v) is 6.07. The van der Waals surface area contributed by atoms with Crippen LogP contribution < -0.4 is 15.2 Å². The fraction of sp³-hybridized carbons (Fsp3) is 0.259. The number of ether oxygens (including phenoxy) is 2. The summed E-state index contributed by atoms with van der Waals surface area (Å²) in [6.07, 6.45) is -0.465. The van der Waals surface area contributed by atoms with E-state index < -0.39 is 23.5 Å². The van der Waals surface area contributed by atoms with Crippen LogP contribution in [0.25, 0.3) is 5.69 Å². The Hall–Kier alpha value is -4.02. The highest BCUT2D eigenvalue weighted by Crippen LogP contribution is 2.24. The molecule has 0 amide bonds. The first-order valence-electron chi connectivity index (χ1n) is 12.0. The first kappa shape index (κ1) is 24.7. The summed E-state index contributed by atoms with van der Waals surface area (Å²) in [7, 11) is 0. The van der Waals surface area contributed by atoms with Crippen molar-refractivity contribution >= 4 is 0 Å². The minimum atomic E-state index is -0.940. The molecule has 0 spiro atoms. The predicted octanol–water partition coefficient (Wildman–Crippen LogP) is 4.09. The van der Waals surface area contributed by atoms with Crippen molar-refractivity contribution in [3.63, 3.8) is 0 Å². The largest absolute Gasteiger partial charge is 0.492 e. The van der Waals surface area contributed by atoms with Crippen LogP contribution in [-0.2, 0) is 6.54 Å². The van der Waals surface area contributed by atoms with Crippen LogP contribution in [0.3, 0.4) is 0 Å². The van der Waals surface area contributed by atoms with Crippen LogP contribution in [0.4, 0.5) is 8.78 Å². The van der Waals surface area contributed by atoms with E-state index in [0.717, 1.165) is 56.1 Å². The molecule has 1 aromatic heterocycles. The molecule has 4 aromatic rings. The zero-order valence-corrected chi connectivity index (χ0v) is 20.1. The Balaban J connectivity index is 1.13. The lowest BCUT2D eigenvalue weighted by molar-refractivity contribution is 0.112. The van der Waals surface area contributed by atoms with Gasteiger partial charge in [0.1, 0.15) is 18.2 Å². The van der Waals surface area contributed by atoms with E-state index in [0.29, 0.717) is 24.1 Å². The monoisotopic (exact) mass is 508 g/mol. The van der Waals surface area contributed by atoms with Gasteiger partial charge in [0.05, 0.1) is 5.69 Å². The molecule has 37 heavy (non-hydrogen) atoms. The second-order valence-corrected chi connectivity index (χ2v) is 8.67. The van der Waals surface area contributed by atoms with Gasteiger partial charge in [-0.1, -0.05) is 41.5 Å². The number of aromatic nitrogens is 2. The van der Waals surface area contributed by atoms with Crippen LogP contribution in [0.15, 0.2) is 82.0 Å². The molecular formula is C27H26F2N4O4. The number of halogens is 2. The molecule has 5 rings (SSSR count). The fourth-order valence-electron chi connectivity index (χ4n) is 4.13. The van der Waals surface area contributed by atoms with Gasteiger partial charge in [0, 0.05) is 51.4 Å². The quantitative estimate of drug-likeness (QED) is 0.337. The smallest absolute Gasteiger partial charge is 0.444 e. The van der Waals surface area contributed by atoms with E-state index in [4.69, 9.17) is 13.9 Å². The van der Waals surface area contributed by atoms with E-state index in [1.54, 1.807) is 24.3 Å². The molecular weight excluding hydrogens is 482 g/mol. The van der Waals surface area contributed by atoms with Crippen LogP contribution in [0.5, 0.6) is 17.6 Å². The van der Waals surface area contributed by atoms with Gasteiger partial charge in [0.25, 0.3) is 0 Å². The summed E-state index contributed by atoms with van der Waals surface area (Å²) in [6.45, 7) is 6.20. The molecule has 0 aliphatic carbocycles. The van der Waals surface area contributed by atoms with E-state index in [1.165, 1.54) is 5.56 Å². The van der Waals surface area contributed by atoms with Gasteiger partial charge in [-0.15, -0.1) is 0 Å². The SMILES string of the molecule is O=c1oc(Oc2ccc(F)cc2F)nn1-c1cccc(OCCN2CCN(Cc3ccccc3)CC2)c1. The van der Waals surface area contributed by atoms with Gasteiger partial charge >= 0.3 is 11.8 Å². The zero-order chi connectivity index (χ0) is 25.6. The van der Waals surface area contributed by atoms with Crippen LogP contribution in [0, 0.1) is 11.6 Å². The number of rotatable bonds is 9. The van der Waals surface area contributed by atoms with Crippen LogP contribution in [0.2, 0.25) is 0 Å². The lowest BCUT2D eigenvalue weighted by Gasteiger charge is -2.34. The maximum atomic E-state index is 13.8. The van der Waals surface area contributed by atoms with Crippen LogP contribution in [0.1, 0.15) is 5.56 Å². The number of hydrogen-bond acceptors (Lipinski definition) is 7. The van der Waals surface area contributed by atoms with Crippen molar-refractivity contribution in [2.45, 2.75) is 6.54 Å². The Morgan fingerprint density at radius 2 is 1.68 bits per heavy atom. The molecule has 0 unspecified atom stereocenters. The van der Waals surface area contributed by atoms with Gasteiger partial charge in [-0.3, -0.25) is 9.80 Å². The number of nitrogens with zero attached hydrogens (tertiary/aromatic N) is 4. The van der Waals surface area contributed by atoms with Crippen LogP contribution in [-0.4, -0.2) is 58.9 Å². The summed E-state index contributed by atoms with van der Waals surface area (Å²) < 4.78 is 44.0. The van der Waals surface area contributed by atoms with E-state index in [9.17, 15) is 13.6 Å². The van der Waals surface area contributed by atoms with E-state index in [2.05, 4.69) is 39.2 Å². The summed E-state index contributed by atoms with van der Waals surface area (Å²) in [4.78, 5) is 17.1. The van der Waals surface area contributed by atoms with Gasteiger partial charge in [0.2, 0.25) is 0 Å².